The normalized spacial score (nSPS) is 21.9. The lowest BCUT2D eigenvalue weighted by Crippen LogP contribution is -2.41. The van der Waals surface area contributed by atoms with Gasteiger partial charge in [0, 0.05) is 32.0 Å². The van der Waals surface area contributed by atoms with Crippen LogP contribution in [0.1, 0.15) is 19.3 Å². The van der Waals surface area contributed by atoms with Gasteiger partial charge in [-0.15, -0.1) is 0 Å². The van der Waals surface area contributed by atoms with Crippen molar-refractivity contribution in [2.75, 3.05) is 31.2 Å². The number of nitrogens with one attached hydrogen (secondary N) is 2. The molecular formula is C14H17N4O2. The number of fused-ring (bicyclic) bond motifs is 1. The highest BCUT2D eigenvalue weighted by molar-refractivity contribution is 5.74. The zero-order valence-corrected chi connectivity index (χ0v) is 11.2. The molecule has 2 aromatic heterocycles. The van der Waals surface area contributed by atoms with Crippen LogP contribution in [0.2, 0.25) is 0 Å². The molecule has 0 atom stereocenters. The molecule has 2 saturated heterocycles. The van der Waals surface area contributed by atoms with Gasteiger partial charge in [0.1, 0.15) is 5.65 Å². The van der Waals surface area contributed by atoms with Gasteiger partial charge in [-0.05, 0) is 24.7 Å². The van der Waals surface area contributed by atoms with Crippen molar-refractivity contribution in [2.45, 2.75) is 19.3 Å². The summed E-state index contributed by atoms with van der Waals surface area (Å²) in [6, 6.07) is 2.86. The minimum Gasteiger partial charge on any atom is -0.381 e. The summed E-state index contributed by atoms with van der Waals surface area (Å²) in [6.45, 7) is 3.61. The third-order valence-corrected chi connectivity index (χ3v) is 4.64. The summed E-state index contributed by atoms with van der Waals surface area (Å²) in [6.07, 6.45) is 4.99. The van der Waals surface area contributed by atoms with Crippen molar-refractivity contribution in [3.63, 3.8) is 0 Å². The van der Waals surface area contributed by atoms with Crippen LogP contribution in [0.3, 0.4) is 0 Å². The van der Waals surface area contributed by atoms with E-state index >= 15 is 0 Å². The van der Waals surface area contributed by atoms with Gasteiger partial charge in [-0.25, -0.2) is 0 Å². The second kappa shape index (κ2) is 4.34. The lowest BCUT2D eigenvalue weighted by Gasteiger charge is -2.38. The Balaban J connectivity index is 1.59. The Kier molecular flexibility index (Phi) is 2.60. The van der Waals surface area contributed by atoms with E-state index in [0.717, 1.165) is 45.6 Å². The molecular weight excluding hydrogens is 256 g/mol. The van der Waals surface area contributed by atoms with Crippen LogP contribution in [0.25, 0.3) is 11.0 Å². The summed E-state index contributed by atoms with van der Waals surface area (Å²) in [7, 11) is 0. The van der Waals surface area contributed by atoms with Gasteiger partial charge >= 0.3 is 0 Å². The van der Waals surface area contributed by atoms with Crippen molar-refractivity contribution < 1.29 is 4.74 Å². The molecule has 0 aliphatic carbocycles. The highest BCUT2D eigenvalue weighted by Crippen LogP contribution is 2.39. The van der Waals surface area contributed by atoms with Gasteiger partial charge < -0.3 is 14.6 Å². The Morgan fingerprint density at radius 1 is 1.35 bits per heavy atom. The minimum atomic E-state index is -0.129. The van der Waals surface area contributed by atoms with Gasteiger partial charge in [0.05, 0.1) is 12.0 Å². The molecule has 0 unspecified atom stereocenters. The lowest BCUT2D eigenvalue weighted by molar-refractivity contribution is 0.133. The first kappa shape index (κ1) is 12.0. The largest absolute Gasteiger partial charge is 0.381 e. The van der Waals surface area contributed by atoms with Crippen LogP contribution in [-0.2, 0) is 4.74 Å². The van der Waals surface area contributed by atoms with E-state index in [4.69, 9.17) is 4.74 Å². The van der Waals surface area contributed by atoms with E-state index in [1.807, 2.05) is 0 Å². The van der Waals surface area contributed by atoms with Gasteiger partial charge in [-0.1, -0.05) is 0 Å². The third kappa shape index (κ3) is 1.83. The number of hydrogen-bond donors (Lipinski definition) is 2. The van der Waals surface area contributed by atoms with Crippen LogP contribution >= 0.6 is 0 Å². The maximum atomic E-state index is 12.0. The Morgan fingerprint density at radius 2 is 2.20 bits per heavy atom. The highest BCUT2D eigenvalue weighted by atomic mass is 16.5. The fraction of sp³-hybridized carbons (Fsp3) is 0.571. The van der Waals surface area contributed by atoms with Crippen molar-refractivity contribution in [2.24, 2.45) is 5.41 Å². The van der Waals surface area contributed by atoms with Gasteiger partial charge in [0.15, 0.2) is 0 Å². The van der Waals surface area contributed by atoms with E-state index in [1.54, 1.807) is 6.20 Å². The smallest absolute Gasteiger partial charge is 0.262 e. The number of rotatable bonds is 1. The molecule has 20 heavy (non-hydrogen) atoms. The average Bonchev–Trinajstić information content (AvgIpc) is 3.09. The SMILES string of the molecule is O=c1[nH]c(N2CCC3(CCOC3)CC2)nc2[nH]c[c]c12. The number of piperidine rings is 1. The van der Waals surface area contributed by atoms with Gasteiger partial charge in [-0.3, -0.25) is 9.78 Å². The monoisotopic (exact) mass is 273 g/mol. The van der Waals surface area contributed by atoms with Crippen LogP contribution < -0.4 is 10.5 Å². The first-order chi connectivity index (χ1) is 9.76. The number of hydrogen-bond acceptors (Lipinski definition) is 4. The third-order valence-electron chi connectivity index (χ3n) is 4.64. The maximum absolute atomic E-state index is 12.0. The Bertz CT molecular complexity index is 674. The molecule has 2 N–H and O–H groups in total. The number of aromatic nitrogens is 3. The summed E-state index contributed by atoms with van der Waals surface area (Å²) in [5.74, 6) is 0.659. The van der Waals surface area contributed by atoms with Crippen molar-refractivity contribution >= 4 is 17.0 Å². The molecule has 2 aliphatic rings. The van der Waals surface area contributed by atoms with Crippen molar-refractivity contribution in [1.82, 2.24) is 15.0 Å². The quantitative estimate of drug-likeness (QED) is 0.814. The molecule has 0 bridgehead atoms. The Morgan fingerprint density at radius 3 is 2.95 bits per heavy atom. The summed E-state index contributed by atoms with van der Waals surface area (Å²) in [4.78, 5) is 24.4. The number of ether oxygens (including phenoxy) is 1. The summed E-state index contributed by atoms with van der Waals surface area (Å²) < 4.78 is 5.54. The van der Waals surface area contributed by atoms with Crippen LogP contribution in [0.15, 0.2) is 11.0 Å². The van der Waals surface area contributed by atoms with Crippen LogP contribution in [0.4, 0.5) is 5.95 Å². The van der Waals surface area contributed by atoms with E-state index in [-0.39, 0.29) is 5.56 Å². The van der Waals surface area contributed by atoms with E-state index in [1.165, 1.54) is 0 Å². The predicted molar refractivity (Wildman–Crippen MR) is 74.9 cm³/mol. The number of aromatic amines is 2. The second-order valence-corrected chi connectivity index (χ2v) is 5.84. The molecule has 0 amide bonds. The molecule has 6 heteroatoms. The molecule has 1 spiro atoms. The van der Waals surface area contributed by atoms with Crippen molar-refractivity contribution in [1.29, 1.82) is 0 Å². The molecule has 0 aromatic carbocycles. The molecule has 2 aliphatic heterocycles. The molecule has 4 heterocycles. The van der Waals surface area contributed by atoms with Crippen LogP contribution in [-0.4, -0.2) is 41.3 Å². The van der Waals surface area contributed by atoms with Crippen LogP contribution in [0.5, 0.6) is 0 Å². The topological polar surface area (TPSA) is 74.0 Å². The molecule has 4 rings (SSSR count). The van der Waals surface area contributed by atoms with E-state index in [0.29, 0.717) is 22.4 Å². The first-order valence-corrected chi connectivity index (χ1v) is 7.08. The van der Waals surface area contributed by atoms with Crippen molar-refractivity contribution in [3.8, 4) is 0 Å². The molecule has 105 valence electrons. The number of anilines is 1. The maximum Gasteiger partial charge on any atom is 0.262 e. The minimum absolute atomic E-state index is 0.129. The first-order valence-electron chi connectivity index (χ1n) is 7.08. The fourth-order valence-electron chi connectivity index (χ4n) is 3.26. The van der Waals surface area contributed by atoms with Crippen molar-refractivity contribution in [3.05, 3.63) is 22.6 Å². The molecule has 0 saturated carbocycles. The predicted octanol–water partition coefficient (Wildman–Crippen LogP) is 1.06. The van der Waals surface area contributed by atoms with E-state index < -0.39 is 0 Å². The summed E-state index contributed by atoms with van der Waals surface area (Å²) in [5.41, 5.74) is 0.838. The van der Waals surface area contributed by atoms with E-state index in [9.17, 15) is 4.79 Å². The van der Waals surface area contributed by atoms with Gasteiger partial charge in [0.25, 0.3) is 5.56 Å². The zero-order chi connectivity index (χ0) is 13.6. The van der Waals surface area contributed by atoms with Gasteiger partial charge in [0.2, 0.25) is 5.95 Å². The lowest BCUT2D eigenvalue weighted by atomic mass is 9.78. The Labute approximate surface area is 116 Å². The molecule has 1 radical (unpaired) electrons. The molecule has 6 nitrogen and oxygen atoms in total. The van der Waals surface area contributed by atoms with E-state index in [2.05, 4.69) is 25.9 Å². The number of nitrogens with zero attached hydrogens (tertiary/aromatic N) is 2. The molecule has 2 aromatic rings. The standard InChI is InChI=1S/C14H17N4O2/c19-12-10-1-5-15-11(10)16-13(17-12)18-6-2-14(3-7-18)4-8-20-9-14/h5H,2-4,6-9H2,(H2,15,16,17,19). The Hall–Kier alpha value is -1.82. The molecule has 2 fully saturated rings. The highest BCUT2D eigenvalue weighted by Gasteiger charge is 2.38. The zero-order valence-electron chi connectivity index (χ0n) is 11.2. The van der Waals surface area contributed by atoms with Crippen LogP contribution in [0, 0.1) is 11.5 Å². The fourth-order valence-corrected chi connectivity index (χ4v) is 3.26. The summed E-state index contributed by atoms with van der Waals surface area (Å²) in [5, 5.41) is 0.492. The summed E-state index contributed by atoms with van der Waals surface area (Å²) >= 11 is 0. The number of H-pyrrole nitrogens is 2. The second-order valence-electron chi connectivity index (χ2n) is 5.84. The average molecular weight is 273 g/mol. The van der Waals surface area contributed by atoms with Gasteiger partial charge in [-0.2, -0.15) is 4.98 Å².